The number of H-pyrrole nitrogens is 1. The van der Waals surface area contributed by atoms with Gasteiger partial charge in [0.05, 0.1) is 0 Å². The summed E-state index contributed by atoms with van der Waals surface area (Å²) in [6.07, 6.45) is 0. The largest absolute Gasteiger partial charge is 0.350 e. The van der Waals surface area contributed by atoms with E-state index in [1.54, 1.807) is 12.1 Å². The van der Waals surface area contributed by atoms with Crippen LogP contribution in [0, 0.1) is 0 Å². The maximum absolute atomic E-state index is 12.8. The third-order valence-electron chi connectivity index (χ3n) is 4.65. The summed E-state index contributed by atoms with van der Waals surface area (Å²) in [5, 5.41) is 3.51. The second kappa shape index (κ2) is 7.69. The Labute approximate surface area is 167 Å². The molecule has 0 spiro atoms. The van der Waals surface area contributed by atoms with Crippen molar-refractivity contribution in [3.05, 3.63) is 74.0 Å². The third-order valence-corrected chi connectivity index (χ3v) is 5.14. The zero-order valence-electron chi connectivity index (χ0n) is 15.9. The highest BCUT2D eigenvalue weighted by Crippen LogP contribution is 2.28. The molecule has 0 aliphatic heterocycles. The van der Waals surface area contributed by atoms with E-state index in [1.165, 1.54) is 11.6 Å². The summed E-state index contributed by atoms with van der Waals surface area (Å²) in [6, 6.07) is 12.8. The number of fused-ring (bicyclic) bond motifs is 1. The van der Waals surface area contributed by atoms with Crippen LogP contribution in [0.4, 0.5) is 5.69 Å². The number of hydrogen-bond acceptors (Lipinski definition) is 2. The number of nitrogens with one attached hydrogen (secondary N) is 2. The summed E-state index contributed by atoms with van der Waals surface area (Å²) >= 11 is 3.36. The lowest BCUT2D eigenvalue weighted by atomic mass is 9.94. The van der Waals surface area contributed by atoms with Gasteiger partial charge in [0.1, 0.15) is 5.69 Å². The van der Waals surface area contributed by atoms with Gasteiger partial charge in [-0.15, -0.1) is 0 Å². The maximum Gasteiger partial charge on any atom is 0.272 e. The Morgan fingerprint density at radius 3 is 2.41 bits per heavy atom. The predicted octanol–water partition coefficient (Wildman–Crippen LogP) is 5.79. The molecule has 1 amide bonds. The standard InChI is InChI=1S/C22H23BrN2O2/c1-12(2)14-5-7-18(16(9-14)13(3)4)25-22(27)20-11-21(26)17-10-15(23)6-8-19(17)24-20/h5-13H,1-4H3,(H,24,26)(H,25,27). The number of pyridine rings is 1. The van der Waals surface area contributed by atoms with E-state index in [0.717, 1.165) is 15.7 Å². The molecule has 0 atom stereocenters. The molecule has 140 valence electrons. The van der Waals surface area contributed by atoms with Gasteiger partial charge in [-0.1, -0.05) is 55.8 Å². The minimum Gasteiger partial charge on any atom is -0.350 e. The Morgan fingerprint density at radius 1 is 1.00 bits per heavy atom. The molecule has 0 aliphatic rings. The number of benzene rings is 2. The topological polar surface area (TPSA) is 62.0 Å². The van der Waals surface area contributed by atoms with Crippen LogP contribution in [0.2, 0.25) is 0 Å². The molecule has 0 saturated heterocycles. The summed E-state index contributed by atoms with van der Waals surface area (Å²) in [5.74, 6) is 0.367. The number of amides is 1. The fraction of sp³-hybridized carbons (Fsp3) is 0.273. The van der Waals surface area contributed by atoms with Crippen LogP contribution >= 0.6 is 15.9 Å². The van der Waals surface area contributed by atoms with Gasteiger partial charge in [-0.2, -0.15) is 0 Å². The molecule has 0 bridgehead atoms. The average molecular weight is 427 g/mol. The van der Waals surface area contributed by atoms with E-state index in [-0.39, 0.29) is 22.9 Å². The molecule has 5 heteroatoms. The second-order valence-corrected chi connectivity index (χ2v) is 8.26. The fourth-order valence-electron chi connectivity index (χ4n) is 3.06. The van der Waals surface area contributed by atoms with Crippen molar-refractivity contribution in [2.24, 2.45) is 0 Å². The number of aromatic nitrogens is 1. The number of carbonyl (C=O) groups is 1. The molecule has 1 heterocycles. The first-order valence-corrected chi connectivity index (χ1v) is 9.83. The normalized spacial score (nSPS) is 11.4. The van der Waals surface area contributed by atoms with Crippen LogP contribution in [-0.4, -0.2) is 10.9 Å². The lowest BCUT2D eigenvalue weighted by Crippen LogP contribution is -2.18. The van der Waals surface area contributed by atoms with Gasteiger partial charge in [0.15, 0.2) is 5.43 Å². The Bertz CT molecular complexity index is 1070. The monoisotopic (exact) mass is 426 g/mol. The Balaban J connectivity index is 1.97. The van der Waals surface area contributed by atoms with Crippen molar-refractivity contribution in [3.63, 3.8) is 0 Å². The number of anilines is 1. The predicted molar refractivity (Wildman–Crippen MR) is 115 cm³/mol. The van der Waals surface area contributed by atoms with Crippen molar-refractivity contribution >= 4 is 38.4 Å². The van der Waals surface area contributed by atoms with Crippen LogP contribution in [-0.2, 0) is 0 Å². The molecule has 3 rings (SSSR count). The first-order chi connectivity index (χ1) is 12.8. The molecule has 3 aromatic rings. The molecule has 0 radical (unpaired) electrons. The molecule has 0 unspecified atom stereocenters. The molecular weight excluding hydrogens is 404 g/mol. The number of halogens is 1. The summed E-state index contributed by atoms with van der Waals surface area (Å²) < 4.78 is 0.824. The van der Waals surface area contributed by atoms with Crippen molar-refractivity contribution in [2.75, 3.05) is 5.32 Å². The van der Waals surface area contributed by atoms with Crippen LogP contribution in [0.5, 0.6) is 0 Å². The van der Waals surface area contributed by atoms with Gasteiger partial charge in [0.2, 0.25) is 0 Å². The van der Waals surface area contributed by atoms with Crippen LogP contribution in [0.1, 0.15) is 61.1 Å². The number of rotatable bonds is 4. The summed E-state index contributed by atoms with van der Waals surface area (Å²) in [7, 11) is 0. The quantitative estimate of drug-likeness (QED) is 0.554. The maximum atomic E-state index is 12.8. The number of hydrogen-bond donors (Lipinski definition) is 2. The summed E-state index contributed by atoms with van der Waals surface area (Å²) in [5.41, 5.74) is 3.79. The Hall–Kier alpha value is -2.40. The van der Waals surface area contributed by atoms with E-state index in [2.05, 4.69) is 60.0 Å². The van der Waals surface area contributed by atoms with Crippen molar-refractivity contribution in [1.82, 2.24) is 4.98 Å². The Kier molecular flexibility index (Phi) is 5.51. The van der Waals surface area contributed by atoms with Crippen molar-refractivity contribution in [3.8, 4) is 0 Å². The van der Waals surface area contributed by atoms with Gasteiger partial charge in [-0.25, -0.2) is 0 Å². The van der Waals surface area contributed by atoms with Crippen LogP contribution in [0.3, 0.4) is 0 Å². The summed E-state index contributed by atoms with van der Waals surface area (Å²) in [4.78, 5) is 28.2. The van der Waals surface area contributed by atoms with E-state index in [9.17, 15) is 9.59 Å². The van der Waals surface area contributed by atoms with Gasteiger partial charge in [-0.3, -0.25) is 9.59 Å². The molecule has 0 fully saturated rings. The lowest BCUT2D eigenvalue weighted by Gasteiger charge is -2.17. The fourth-order valence-corrected chi connectivity index (χ4v) is 3.42. The molecular formula is C22H23BrN2O2. The van der Waals surface area contributed by atoms with E-state index in [4.69, 9.17) is 0 Å². The van der Waals surface area contributed by atoms with Gasteiger partial charge in [0.25, 0.3) is 5.91 Å². The van der Waals surface area contributed by atoms with Crippen molar-refractivity contribution in [2.45, 2.75) is 39.5 Å². The van der Waals surface area contributed by atoms with Gasteiger partial charge >= 0.3 is 0 Å². The van der Waals surface area contributed by atoms with Gasteiger partial charge in [0, 0.05) is 27.1 Å². The first-order valence-electron chi connectivity index (χ1n) is 9.04. The number of carbonyl (C=O) groups excluding carboxylic acids is 1. The van der Waals surface area contributed by atoms with Crippen molar-refractivity contribution in [1.29, 1.82) is 0 Å². The highest BCUT2D eigenvalue weighted by molar-refractivity contribution is 9.10. The zero-order valence-corrected chi connectivity index (χ0v) is 17.5. The zero-order chi connectivity index (χ0) is 19.7. The molecule has 0 saturated carbocycles. The first kappa shape index (κ1) is 19.4. The van der Waals surface area contributed by atoms with E-state index in [0.29, 0.717) is 16.8 Å². The van der Waals surface area contributed by atoms with E-state index in [1.807, 2.05) is 18.2 Å². The molecule has 1 aromatic heterocycles. The molecule has 0 aliphatic carbocycles. The van der Waals surface area contributed by atoms with Crippen LogP contribution < -0.4 is 10.7 Å². The minimum atomic E-state index is -0.323. The van der Waals surface area contributed by atoms with Gasteiger partial charge in [-0.05, 0) is 47.2 Å². The molecule has 27 heavy (non-hydrogen) atoms. The van der Waals surface area contributed by atoms with Gasteiger partial charge < -0.3 is 10.3 Å². The Morgan fingerprint density at radius 2 is 1.74 bits per heavy atom. The highest BCUT2D eigenvalue weighted by Gasteiger charge is 2.15. The summed E-state index contributed by atoms with van der Waals surface area (Å²) in [6.45, 7) is 8.50. The molecule has 4 nitrogen and oxygen atoms in total. The van der Waals surface area contributed by atoms with Crippen molar-refractivity contribution < 1.29 is 4.79 Å². The van der Waals surface area contributed by atoms with Crippen LogP contribution in [0.15, 0.2) is 51.7 Å². The lowest BCUT2D eigenvalue weighted by molar-refractivity contribution is 0.102. The molecule has 2 aromatic carbocycles. The minimum absolute atomic E-state index is 0.186. The van der Waals surface area contributed by atoms with Crippen LogP contribution in [0.25, 0.3) is 10.9 Å². The van der Waals surface area contributed by atoms with E-state index >= 15 is 0 Å². The SMILES string of the molecule is CC(C)c1ccc(NC(=O)c2cc(=O)c3cc(Br)ccc3[nH]2)c(C(C)C)c1. The second-order valence-electron chi connectivity index (χ2n) is 7.35. The van der Waals surface area contributed by atoms with E-state index < -0.39 is 0 Å². The molecule has 2 N–H and O–H groups in total. The number of aromatic amines is 1. The smallest absolute Gasteiger partial charge is 0.272 e. The highest BCUT2D eigenvalue weighted by atomic mass is 79.9. The third kappa shape index (κ3) is 4.14. The average Bonchev–Trinajstić information content (AvgIpc) is 2.62.